The Morgan fingerprint density at radius 3 is 2.32 bits per heavy atom. The van der Waals surface area contributed by atoms with E-state index in [9.17, 15) is 8.78 Å². The van der Waals surface area contributed by atoms with Crippen LogP contribution in [-0.4, -0.2) is 0 Å². The highest BCUT2D eigenvalue weighted by Gasteiger charge is 2.06. The van der Waals surface area contributed by atoms with Gasteiger partial charge in [0, 0.05) is 5.56 Å². The monoisotopic (exact) mass is 341 g/mol. The first-order valence-corrected chi connectivity index (χ1v) is 7.72. The van der Waals surface area contributed by atoms with Gasteiger partial charge in [0.25, 0.3) is 0 Å². The summed E-state index contributed by atoms with van der Waals surface area (Å²) < 4.78 is 37.9. The lowest BCUT2D eigenvalue weighted by atomic mass is 10.2. The first-order valence-electron chi connectivity index (χ1n) is 7.72. The van der Waals surface area contributed by atoms with Crippen molar-refractivity contribution in [2.75, 3.05) is 5.73 Å². The van der Waals surface area contributed by atoms with Gasteiger partial charge in [-0.3, -0.25) is 0 Å². The SMILES string of the molecule is Cc1ccc(Oc2ccc(OCc3cc(F)ccc3F)cc2)c(N)c1. The van der Waals surface area contributed by atoms with Crippen molar-refractivity contribution in [1.82, 2.24) is 0 Å². The maximum Gasteiger partial charge on any atom is 0.150 e. The fourth-order valence-electron chi connectivity index (χ4n) is 2.31. The maximum absolute atomic E-state index is 13.6. The summed E-state index contributed by atoms with van der Waals surface area (Å²) in [4.78, 5) is 0. The Morgan fingerprint density at radius 2 is 1.60 bits per heavy atom. The Hall–Kier alpha value is -3.08. The first-order chi connectivity index (χ1) is 12.0. The molecule has 0 saturated heterocycles. The van der Waals surface area contributed by atoms with Gasteiger partial charge in [0.1, 0.15) is 35.5 Å². The van der Waals surface area contributed by atoms with Crippen LogP contribution in [0.3, 0.4) is 0 Å². The van der Waals surface area contributed by atoms with E-state index in [0.29, 0.717) is 22.9 Å². The summed E-state index contributed by atoms with van der Waals surface area (Å²) >= 11 is 0. The molecule has 0 aliphatic heterocycles. The Bertz CT molecular complexity index is 879. The van der Waals surface area contributed by atoms with Crippen molar-refractivity contribution in [2.24, 2.45) is 0 Å². The number of nitrogens with two attached hydrogens (primary N) is 1. The lowest BCUT2D eigenvalue weighted by Crippen LogP contribution is -1.99. The molecule has 0 aliphatic rings. The van der Waals surface area contributed by atoms with Gasteiger partial charge < -0.3 is 15.2 Å². The van der Waals surface area contributed by atoms with E-state index in [1.165, 1.54) is 0 Å². The van der Waals surface area contributed by atoms with Crippen LogP contribution in [0.4, 0.5) is 14.5 Å². The molecule has 2 N–H and O–H groups in total. The van der Waals surface area contributed by atoms with Crippen LogP contribution in [0.1, 0.15) is 11.1 Å². The average Bonchev–Trinajstić information content (AvgIpc) is 2.59. The van der Waals surface area contributed by atoms with Gasteiger partial charge >= 0.3 is 0 Å². The van der Waals surface area contributed by atoms with Crippen LogP contribution in [0.25, 0.3) is 0 Å². The number of ether oxygens (including phenoxy) is 2. The largest absolute Gasteiger partial charge is 0.489 e. The van der Waals surface area contributed by atoms with E-state index in [0.717, 1.165) is 23.8 Å². The molecule has 0 saturated carbocycles. The van der Waals surface area contributed by atoms with Crippen molar-refractivity contribution in [3.8, 4) is 17.2 Å². The molecule has 3 nitrogen and oxygen atoms in total. The standard InChI is InChI=1S/C20H17F2NO2/c1-13-2-9-20(19(23)10-13)25-17-6-4-16(5-7-17)24-12-14-11-15(21)3-8-18(14)22/h2-11H,12,23H2,1H3. The van der Waals surface area contributed by atoms with Crippen LogP contribution in [-0.2, 0) is 6.61 Å². The van der Waals surface area contributed by atoms with Crippen LogP contribution in [0.2, 0.25) is 0 Å². The molecule has 3 aromatic carbocycles. The van der Waals surface area contributed by atoms with Crippen LogP contribution < -0.4 is 15.2 Å². The first kappa shape index (κ1) is 16.8. The highest BCUT2D eigenvalue weighted by atomic mass is 19.1. The normalized spacial score (nSPS) is 10.5. The predicted octanol–water partition coefficient (Wildman–Crippen LogP) is 5.23. The van der Waals surface area contributed by atoms with Gasteiger partial charge in [-0.2, -0.15) is 0 Å². The van der Waals surface area contributed by atoms with Crippen molar-refractivity contribution in [3.05, 3.63) is 83.4 Å². The Morgan fingerprint density at radius 1 is 0.880 bits per heavy atom. The number of aryl methyl sites for hydroxylation is 1. The number of rotatable bonds is 5. The van der Waals surface area contributed by atoms with Crippen molar-refractivity contribution < 1.29 is 18.3 Å². The molecular formula is C20H17F2NO2. The average molecular weight is 341 g/mol. The van der Waals surface area contributed by atoms with Crippen molar-refractivity contribution in [3.63, 3.8) is 0 Å². The van der Waals surface area contributed by atoms with E-state index < -0.39 is 11.6 Å². The van der Waals surface area contributed by atoms with E-state index in [4.69, 9.17) is 15.2 Å². The van der Waals surface area contributed by atoms with E-state index in [1.54, 1.807) is 24.3 Å². The lowest BCUT2D eigenvalue weighted by Gasteiger charge is -2.11. The van der Waals surface area contributed by atoms with Crippen LogP contribution >= 0.6 is 0 Å². The third-order valence-corrected chi connectivity index (χ3v) is 3.62. The molecule has 0 amide bonds. The number of hydrogen-bond donors (Lipinski definition) is 1. The minimum absolute atomic E-state index is 0.0608. The van der Waals surface area contributed by atoms with Crippen molar-refractivity contribution in [1.29, 1.82) is 0 Å². The summed E-state index contributed by atoms with van der Waals surface area (Å²) in [6, 6.07) is 15.6. The number of hydrogen-bond acceptors (Lipinski definition) is 3. The van der Waals surface area contributed by atoms with Gasteiger partial charge in [0.15, 0.2) is 0 Å². The molecule has 0 bridgehead atoms. The van der Waals surface area contributed by atoms with Gasteiger partial charge in [-0.05, 0) is 67.1 Å². The van der Waals surface area contributed by atoms with Crippen LogP contribution in [0.15, 0.2) is 60.7 Å². The topological polar surface area (TPSA) is 44.5 Å². The maximum atomic E-state index is 13.6. The second kappa shape index (κ2) is 7.21. The molecule has 0 spiro atoms. The van der Waals surface area contributed by atoms with E-state index in [2.05, 4.69) is 0 Å². The van der Waals surface area contributed by atoms with Gasteiger partial charge in [0.05, 0.1) is 5.69 Å². The van der Waals surface area contributed by atoms with Crippen LogP contribution in [0, 0.1) is 18.6 Å². The summed E-state index contributed by atoms with van der Waals surface area (Å²) in [6.07, 6.45) is 0. The molecule has 0 atom stereocenters. The molecule has 128 valence electrons. The zero-order valence-electron chi connectivity index (χ0n) is 13.6. The number of benzene rings is 3. The molecule has 5 heteroatoms. The van der Waals surface area contributed by atoms with Gasteiger partial charge in [-0.15, -0.1) is 0 Å². The van der Waals surface area contributed by atoms with Crippen LogP contribution in [0.5, 0.6) is 17.2 Å². The molecule has 0 heterocycles. The summed E-state index contributed by atoms with van der Waals surface area (Å²) in [5, 5.41) is 0. The van der Waals surface area contributed by atoms with Gasteiger partial charge in [-0.25, -0.2) is 8.78 Å². The molecule has 0 aliphatic carbocycles. The third-order valence-electron chi connectivity index (χ3n) is 3.62. The second-order valence-electron chi connectivity index (χ2n) is 5.64. The lowest BCUT2D eigenvalue weighted by molar-refractivity contribution is 0.298. The van der Waals surface area contributed by atoms with Crippen molar-refractivity contribution >= 4 is 5.69 Å². The minimum atomic E-state index is -0.504. The van der Waals surface area contributed by atoms with E-state index in [-0.39, 0.29) is 12.2 Å². The Kier molecular flexibility index (Phi) is 4.84. The summed E-state index contributed by atoms with van der Waals surface area (Å²) in [5.41, 5.74) is 7.69. The smallest absolute Gasteiger partial charge is 0.150 e. The highest BCUT2D eigenvalue weighted by Crippen LogP contribution is 2.29. The second-order valence-corrected chi connectivity index (χ2v) is 5.64. The summed E-state index contributed by atoms with van der Waals surface area (Å²) in [7, 11) is 0. The fraction of sp³-hybridized carbons (Fsp3) is 0.100. The predicted molar refractivity (Wildman–Crippen MR) is 92.8 cm³/mol. The molecule has 0 radical (unpaired) electrons. The number of nitrogen functional groups attached to an aromatic ring is 1. The summed E-state index contributed by atoms with van der Waals surface area (Å²) in [5.74, 6) is 0.685. The Balaban J connectivity index is 1.65. The number of anilines is 1. The molecule has 3 aromatic rings. The molecule has 25 heavy (non-hydrogen) atoms. The highest BCUT2D eigenvalue weighted by molar-refractivity contribution is 5.55. The van der Waals surface area contributed by atoms with E-state index in [1.807, 2.05) is 25.1 Å². The minimum Gasteiger partial charge on any atom is -0.489 e. The molecule has 0 fully saturated rings. The quantitative estimate of drug-likeness (QED) is 0.647. The van der Waals surface area contributed by atoms with E-state index >= 15 is 0 Å². The molecule has 0 aromatic heterocycles. The van der Waals surface area contributed by atoms with Gasteiger partial charge in [-0.1, -0.05) is 6.07 Å². The molecule has 3 rings (SSSR count). The molecular weight excluding hydrogens is 324 g/mol. The van der Waals surface area contributed by atoms with Gasteiger partial charge in [0.2, 0.25) is 0 Å². The Labute approximate surface area is 144 Å². The zero-order valence-corrected chi connectivity index (χ0v) is 13.6. The summed E-state index contributed by atoms with van der Waals surface area (Å²) in [6.45, 7) is 1.89. The fourth-order valence-corrected chi connectivity index (χ4v) is 2.31. The molecule has 0 unspecified atom stereocenters. The number of halogens is 2. The van der Waals surface area contributed by atoms with Crippen molar-refractivity contribution in [2.45, 2.75) is 13.5 Å². The third kappa shape index (κ3) is 4.26. The zero-order chi connectivity index (χ0) is 17.8.